The van der Waals surface area contributed by atoms with Gasteiger partial charge in [0.05, 0.1) is 24.6 Å². The lowest BCUT2D eigenvalue weighted by Gasteiger charge is -2.29. The van der Waals surface area contributed by atoms with Gasteiger partial charge in [-0.15, -0.1) is 10.2 Å². The number of azo groups is 1. The monoisotopic (exact) mass is 464 g/mol. The van der Waals surface area contributed by atoms with Gasteiger partial charge in [0.1, 0.15) is 5.71 Å². The summed E-state index contributed by atoms with van der Waals surface area (Å²) < 4.78 is 5.46. The van der Waals surface area contributed by atoms with E-state index in [9.17, 15) is 5.11 Å². The lowest BCUT2D eigenvalue weighted by molar-refractivity contribution is 0.0688. The predicted octanol–water partition coefficient (Wildman–Crippen LogP) is 4.81. The summed E-state index contributed by atoms with van der Waals surface area (Å²) in [5, 5.41) is 28.0. The molecular formula is C22H24N8O2S. The molecule has 3 aromatic rings. The van der Waals surface area contributed by atoms with Crippen LogP contribution in [0.3, 0.4) is 0 Å². The fraction of sp³-hybridized carbons (Fsp3) is 0.227. The van der Waals surface area contributed by atoms with Crippen LogP contribution in [0.25, 0.3) is 0 Å². The molecule has 0 saturated carbocycles. The number of rotatable bonds is 7. The highest BCUT2D eigenvalue weighted by molar-refractivity contribution is 7.19. The first-order valence-electron chi connectivity index (χ1n) is 10.4. The Balaban J connectivity index is 1.48. The largest absolute Gasteiger partial charge is 0.491 e. The highest BCUT2D eigenvalue weighted by Gasteiger charge is 2.18. The van der Waals surface area contributed by atoms with Crippen LogP contribution in [-0.4, -0.2) is 52.8 Å². The zero-order chi connectivity index (χ0) is 22.9. The van der Waals surface area contributed by atoms with Gasteiger partial charge < -0.3 is 14.7 Å². The number of aromatic hydroxyl groups is 1. The molecule has 0 amide bonds. The maximum Gasteiger partial charge on any atom is 0.253 e. The molecule has 170 valence electrons. The molecule has 10 nitrogen and oxygen atoms in total. The van der Waals surface area contributed by atoms with Crippen LogP contribution in [-0.2, 0) is 4.74 Å². The highest BCUT2D eigenvalue weighted by Crippen LogP contribution is 2.37. The zero-order valence-corrected chi connectivity index (χ0v) is 18.9. The van der Waals surface area contributed by atoms with E-state index in [1.807, 2.05) is 67.6 Å². The topological polar surface area (TPSA) is 119 Å². The zero-order valence-electron chi connectivity index (χ0n) is 18.0. The molecule has 0 bridgehead atoms. The second-order valence-electron chi connectivity index (χ2n) is 7.01. The van der Waals surface area contributed by atoms with Crippen LogP contribution < -0.4 is 10.9 Å². The van der Waals surface area contributed by atoms with Gasteiger partial charge in [-0.25, -0.2) is 0 Å². The molecule has 2 heterocycles. The summed E-state index contributed by atoms with van der Waals surface area (Å²) in [6, 6.07) is 19.0. The number of morpholine rings is 1. The van der Waals surface area contributed by atoms with E-state index in [2.05, 4.69) is 41.2 Å². The molecule has 3 N–H and O–H groups in total. The van der Waals surface area contributed by atoms with Crippen molar-refractivity contribution in [3.8, 4) is 5.88 Å². The minimum absolute atomic E-state index is 0.206. The highest BCUT2D eigenvalue weighted by atomic mass is 32.1. The van der Waals surface area contributed by atoms with E-state index in [1.165, 1.54) is 0 Å². The molecule has 0 aliphatic carbocycles. The fourth-order valence-electron chi connectivity index (χ4n) is 2.98. The van der Waals surface area contributed by atoms with Crippen molar-refractivity contribution < 1.29 is 9.84 Å². The number of hydrogen-bond donors (Lipinski definition) is 3. The number of aromatic nitrogens is 1. The molecule has 4 rings (SSSR count). The number of thiazole rings is 1. The normalized spacial score (nSPS) is 15.1. The maximum atomic E-state index is 10.1. The molecule has 0 atom stereocenters. The molecule has 33 heavy (non-hydrogen) atoms. The van der Waals surface area contributed by atoms with E-state index in [0.29, 0.717) is 53.7 Å². The van der Waals surface area contributed by atoms with E-state index < -0.39 is 0 Å². The Labute approximate surface area is 195 Å². The number of hydrazone groups is 2. The van der Waals surface area contributed by atoms with Gasteiger partial charge in [-0.3, -0.25) is 10.9 Å². The molecule has 0 radical (unpaired) electrons. The first kappa shape index (κ1) is 22.4. The van der Waals surface area contributed by atoms with E-state index in [1.54, 1.807) is 0 Å². The van der Waals surface area contributed by atoms with Crippen LogP contribution in [0.4, 0.5) is 21.5 Å². The Bertz CT molecular complexity index is 1130. The molecule has 0 spiro atoms. The van der Waals surface area contributed by atoms with E-state index in [0.717, 1.165) is 17.0 Å². The number of para-hydroxylation sites is 1. The van der Waals surface area contributed by atoms with E-state index >= 15 is 0 Å². The third kappa shape index (κ3) is 6.34. The van der Waals surface area contributed by atoms with Gasteiger partial charge >= 0.3 is 0 Å². The minimum atomic E-state index is -0.206. The van der Waals surface area contributed by atoms with Crippen molar-refractivity contribution in [2.45, 2.75) is 6.92 Å². The van der Waals surface area contributed by atoms with E-state index in [4.69, 9.17) is 4.74 Å². The molecule has 11 heteroatoms. The molecule has 1 fully saturated rings. The Kier molecular flexibility index (Phi) is 7.56. The van der Waals surface area contributed by atoms with Gasteiger partial charge in [0.25, 0.3) is 5.88 Å². The number of anilines is 2. The third-order valence-corrected chi connectivity index (χ3v) is 5.46. The summed E-state index contributed by atoms with van der Waals surface area (Å²) in [7, 11) is 0. The average Bonchev–Trinajstić information content (AvgIpc) is 3.23. The Morgan fingerprint density at radius 3 is 2.39 bits per heavy atom. The number of nitrogens with zero attached hydrogens (tertiary/aromatic N) is 6. The summed E-state index contributed by atoms with van der Waals surface area (Å²) in [5.41, 5.74) is 8.19. The Hall–Kier alpha value is -3.83. The van der Waals surface area contributed by atoms with Gasteiger partial charge in [0.2, 0.25) is 10.1 Å². The maximum absolute atomic E-state index is 10.1. The number of ether oxygens (including phenoxy) is 1. The summed E-state index contributed by atoms with van der Waals surface area (Å²) in [6.07, 6.45) is 0. The van der Waals surface area contributed by atoms with Gasteiger partial charge in [-0.1, -0.05) is 47.7 Å². The van der Waals surface area contributed by atoms with Crippen molar-refractivity contribution in [3.05, 3.63) is 60.7 Å². The average molecular weight is 465 g/mol. The molecule has 1 aliphatic heterocycles. The second-order valence-corrected chi connectivity index (χ2v) is 7.98. The number of hydrogen-bond acceptors (Lipinski definition) is 10. The van der Waals surface area contributed by atoms with Crippen molar-refractivity contribution in [2.75, 3.05) is 37.2 Å². The van der Waals surface area contributed by atoms with Gasteiger partial charge in [-0.05, 0) is 31.2 Å². The quantitative estimate of drug-likeness (QED) is 0.200. The summed E-state index contributed by atoms with van der Waals surface area (Å²) in [4.78, 5) is 6.18. The summed E-state index contributed by atoms with van der Waals surface area (Å²) in [5.74, 6) is 0.488. The minimum Gasteiger partial charge on any atom is -0.491 e. The van der Waals surface area contributed by atoms with Crippen LogP contribution in [0, 0.1) is 0 Å². The van der Waals surface area contributed by atoms with Crippen molar-refractivity contribution in [3.63, 3.8) is 0 Å². The molecule has 1 aliphatic rings. The SMILES string of the molecule is CC(=N\Nc1nc(O)c(N=Nc2ccccc2)s1)/C(=N/Nc1ccccc1)N1CCOCC1. The number of benzene rings is 2. The summed E-state index contributed by atoms with van der Waals surface area (Å²) in [6.45, 7) is 4.54. The van der Waals surface area contributed by atoms with Crippen molar-refractivity contribution >= 4 is 44.4 Å². The van der Waals surface area contributed by atoms with Gasteiger partial charge in [-0.2, -0.15) is 15.2 Å². The first-order valence-corrected chi connectivity index (χ1v) is 11.2. The van der Waals surface area contributed by atoms with Crippen LogP contribution in [0.15, 0.2) is 81.1 Å². The smallest absolute Gasteiger partial charge is 0.253 e. The van der Waals surface area contributed by atoms with Crippen LogP contribution in [0.5, 0.6) is 5.88 Å². The lowest BCUT2D eigenvalue weighted by Crippen LogP contribution is -2.44. The number of nitrogens with one attached hydrogen (secondary N) is 2. The van der Waals surface area contributed by atoms with Crippen molar-refractivity contribution in [2.24, 2.45) is 20.4 Å². The van der Waals surface area contributed by atoms with Gasteiger partial charge in [0.15, 0.2) is 5.84 Å². The van der Waals surface area contributed by atoms with Crippen molar-refractivity contribution in [1.29, 1.82) is 0 Å². The van der Waals surface area contributed by atoms with Crippen LogP contribution in [0.2, 0.25) is 0 Å². The van der Waals surface area contributed by atoms with Crippen LogP contribution in [0.1, 0.15) is 6.92 Å². The second kappa shape index (κ2) is 11.2. The molecule has 2 aromatic carbocycles. The molecule has 1 aromatic heterocycles. The standard InChI is InChI=1S/C22H24N8O2S/c1-16(19(30-12-14-32-15-13-30)27-25-17-8-4-2-5-9-17)24-29-22-23-20(31)21(33-22)28-26-18-10-6-3-7-11-18/h2-11,25,31H,12-15H2,1H3,(H,23,29)/b24-16+,27-19-,28-26?. The van der Waals surface area contributed by atoms with Crippen molar-refractivity contribution in [1.82, 2.24) is 9.88 Å². The molecule has 1 saturated heterocycles. The first-order chi connectivity index (χ1) is 16.2. The Morgan fingerprint density at radius 2 is 1.67 bits per heavy atom. The predicted molar refractivity (Wildman–Crippen MR) is 131 cm³/mol. The van der Waals surface area contributed by atoms with Gasteiger partial charge in [0, 0.05) is 13.1 Å². The summed E-state index contributed by atoms with van der Waals surface area (Å²) >= 11 is 1.15. The fourth-order valence-corrected chi connectivity index (χ4v) is 3.61. The Morgan fingerprint density at radius 1 is 0.970 bits per heavy atom. The molecule has 0 unspecified atom stereocenters. The van der Waals surface area contributed by atoms with Crippen LogP contribution >= 0.6 is 11.3 Å². The number of amidine groups is 1. The molecular weight excluding hydrogens is 440 g/mol. The third-order valence-electron chi connectivity index (χ3n) is 4.62. The van der Waals surface area contributed by atoms with E-state index in [-0.39, 0.29) is 5.88 Å². The lowest BCUT2D eigenvalue weighted by atomic mass is 10.3.